The molecule has 0 saturated carbocycles. The fourth-order valence-corrected chi connectivity index (χ4v) is 3.16. The SMILES string of the molecule is CCCCCCCC(C)(CN)N(CCCCC)C(C)C. The minimum atomic E-state index is 0.189. The average molecular weight is 285 g/mol. The second kappa shape index (κ2) is 11.6. The number of hydrogen-bond acceptors (Lipinski definition) is 2. The molecule has 0 heterocycles. The van der Waals surface area contributed by atoms with Crippen molar-refractivity contribution in [2.24, 2.45) is 5.73 Å². The monoisotopic (exact) mass is 284 g/mol. The molecule has 0 aromatic rings. The fraction of sp³-hybridized carbons (Fsp3) is 1.00. The first-order chi connectivity index (χ1) is 9.51. The summed E-state index contributed by atoms with van der Waals surface area (Å²) in [6, 6.07) is 0.594. The Labute approximate surface area is 128 Å². The van der Waals surface area contributed by atoms with Gasteiger partial charge in [-0.05, 0) is 40.2 Å². The van der Waals surface area contributed by atoms with E-state index in [1.54, 1.807) is 0 Å². The summed E-state index contributed by atoms with van der Waals surface area (Å²) < 4.78 is 0. The maximum absolute atomic E-state index is 6.15. The van der Waals surface area contributed by atoms with Crippen LogP contribution < -0.4 is 5.73 Å². The van der Waals surface area contributed by atoms with Crippen LogP contribution >= 0.6 is 0 Å². The Bertz CT molecular complexity index is 215. The number of unbranched alkanes of at least 4 members (excludes halogenated alkanes) is 6. The predicted octanol–water partition coefficient (Wildman–Crippen LogP) is 4.96. The van der Waals surface area contributed by atoms with E-state index >= 15 is 0 Å². The highest BCUT2D eigenvalue weighted by molar-refractivity contribution is 4.89. The van der Waals surface area contributed by atoms with E-state index in [-0.39, 0.29) is 5.54 Å². The van der Waals surface area contributed by atoms with Crippen LogP contribution in [0.5, 0.6) is 0 Å². The third kappa shape index (κ3) is 7.64. The first-order valence-corrected chi connectivity index (χ1v) is 8.98. The van der Waals surface area contributed by atoms with Crippen molar-refractivity contribution >= 4 is 0 Å². The Morgan fingerprint density at radius 3 is 1.95 bits per heavy atom. The van der Waals surface area contributed by atoms with Crippen LogP contribution in [-0.2, 0) is 0 Å². The lowest BCUT2D eigenvalue weighted by Crippen LogP contribution is -2.54. The summed E-state index contributed by atoms with van der Waals surface area (Å²) in [6.45, 7) is 13.5. The van der Waals surface area contributed by atoms with Gasteiger partial charge in [0.2, 0.25) is 0 Å². The van der Waals surface area contributed by atoms with Gasteiger partial charge in [0.1, 0.15) is 0 Å². The molecule has 0 bridgehead atoms. The van der Waals surface area contributed by atoms with Crippen LogP contribution in [0.15, 0.2) is 0 Å². The van der Waals surface area contributed by atoms with Crippen molar-refractivity contribution in [2.45, 2.75) is 104 Å². The molecule has 2 heteroatoms. The predicted molar refractivity (Wildman–Crippen MR) is 92.2 cm³/mol. The summed E-state index contributed by atoms with van der Waals surface area (Å²) in [5, 5.41) is 0. The van der Waals surface area contributed by atoms with Crippen LogP contribution in [-0.4, -0.2) is 29.6 Å². The zero-order valence-corrected chi connectivity index (χ0v) is 14.9. The van der Waals surface area contributed by atoms with Crippen molar-refractivity contribution in [1.82, 2.24) is 4.90 Å². The highest BCUT2D eigenvalue weighted by Gasteiger charge is 2.31. The van der Waals surface area contributed by atoms with Gasteiger partial charge in [0, 0.05) is 18.1 Å². The Morgan fingerprint density at radius 1 is 0.900 bits per heavy atom. The van der Waals surface area contributed by atoms with Gasteiger partial charge in [0.05, 0.1) is 0 Å². The van der Waals surface area contributed by atoms with E-state index in [1.807, 2.05) is 0 Å². The van der Waals surface area contributed by atoms with Crippen molar-refractivity contribution in [3.05, 3.63) is 0 Å². The Balaban J connectivity index is 4.35. The van der Waals surface area contributed by atoms with Gasteiger partial charge in [-0.3, -0.25) is 4.90 Å². The molecule has 0 aromatic carbocycles. The number of nitrogens with two attached hydrogens (primary N) is 1. The number of hydrogen-bond donors (Lipinski definition) is 1. The lowest BCUT2D eigenvalue weighted by atomic mass is 9.90. The van der Waals surface area contributed by atoms with E-state index in [0.717, 1.165) is 6.54 Å². The summed E-state index contributed by atoms with van der Waals surface area (Å²) in [4.78, 5) is 2.66. The molecule has 20 heavy (non-hydrogen) atoms. The fourth-order valence-electron chi connectivity index (χ4n) is 3.16. The lowest BCUT2D eigenvalue weighted by molar-refractivity contribution is 0.0640. The molecular formula is C18H40N2. The largest absolute Gasteiger partial charge is 0.329 e. The number of rotatable bonds is 13. The average Bonchev–Trinajstić information content (AvgIpc) is 2.42. The standard InChI is InChI=1S/C18H40N2/c1-6-8-10-11-12-14-18(5,16-19)20(17(3)4)15-13-9-7-2/h17H,6-16,19H2,1-5H3. The van der Waals surface area contributed by atoms with E-state index in [0.29, 0.717) is 6.04 Å². The minimum absolute atomic E-state index is 0.189. The molecule has 0 rings (SSSR count). The molecule has 0 aliphatic heterocycles. The first kappa shape index (κ1) is 19.9. The van der Waals surface area contributed by atoms with Gasteiger partial charge in [-0.2, -0.15) is 0 Å². The molecule has 0 saturated heterocycles. The van der Waals surface area contributed by atoms with Gasteiger partial charge in [0.25, 0.3) is 0 Å². The van der Waals surface area contributed by atoms with E-state index in [2.05, 4.69) is 39.5 Å². The molecule has 0 radical (unpaired) electrons. The minimum Gasteiger partial charge on any atom is -0.329 e. The third-order valence-corrected chi connectivity index (χ3v) is 4.58. The quantitative estimate of drug-likeness (QED) is 0.484. The Kier molecular flexibility index (Phi) is 11.5. The lowest BCUT2D eigenvalue weighted by Gasteiger charge is -2.44. The highest BCUT2D eigenvalue weighted by Crippen LogP contribution is 2.25. The molecule has 0 aromatic heterocycles. The molecule has 0 fully saturated rings. The molecule has 0 amide bonds. The molecular weight excluding hydrogens is 244 g/mol. The van der Waals surface area contributed by atoms with Crippen molar-refractivity contribution in [1.29, 1.82) is 0 Å². The van der Waals surface area contributed by atoms with Crippen molar-refractivity contribution < 1.29 is 0 Å². The van der Waals surface area contributed by atoms with Crippen LogP contribution in [0.25, 0.3) is 0 Å². The summed E-state index contributed by atoms with van der Waals surface area (Å²) >= 11 is 0. The number of nitrogens with zero attached hydrogens (tertiary/aromatic N) is 1. The van der Waals surface area contributed by atoms with Gasteiger partial charge in [-0.1, -0.05) is 58.8 Å². The van der Waals surface area contributed by atoms with Crippen LogP contribution in [0.2, 0.25) is 0 Å². The Morgan fingerprint density at radius 2 is 1.45 bits per heavy atom. The van der Waals surface area contributed by atoms with Crippen molar-refractivity contribution in [3.63, 3.8) is 0 Å². The molecule has 2 N–H and O–H groups in total. The van der Waals surface area contributed by atoms with Gasteiger partial charge >= 0.3 is 0 Å². The van der Waals surface area contributed by atoms with Gasteiger partial charge < -0.3 is 5.73 Å². The zero-order chi connectivity index (χ0) is 15.4. The molecule has 0 aliphatic carbocycles. The van der Waals surface area contributed by atoms with E-state index in [4.69, 9.17) is 5.73 Å². The van der Waals surface area contributed by atoms with E-state index in [1.165, 1.54) is 64.3 Å². The van der Waals surface area contributed by atoms with Crippen LogP contribution in [0.4, 0.5) is 0 Å². The summed E-state index contributed by atoms with van der Waals surface area (Å²) in [6.07, 6.45) is 12.0. The Hall–Kier alpha value is -0.0800. The van der Waals surface area contributed by atoms with Gasteiger partial charge in [-0.15, -0.1) is 0 Å². The zero-order valence-electron chi connectivity index (χ0n) is 14.9. The second-order valence-electron chi connectivity index (χ2n) is 6.86. The van der Waals surface area contributed by atoms with E-state index < -0.39 is 0 Å². The summed E-state index contributed by atoms with van der Waals surface area (Å²) in [7, 11) is 0. The van der Waals surface area contributed by atoms with Crippen molar-refractivity contribution in [2.75, 3.05) is 13.1 Å². The topological polar surface area (TPSA) is 29.3 Å². The maximum Gasteiger partial charge on any atom is 0.0306 e. The third-order valence-electron chi connectivity index (χ3n) is 4.58. The molecule has 1 unspecified atom stereocenters. The second-order valence-corrected chi connectivity index (χ2v) is 6.86. The van der Waals surface area contributed by atoms with Crippen molar-refractivity contribution in [3.8, 4) is 0 Å². The smallest absolute Gasteiger partial charge is 0.0306 e. The van der Waals surface area contributed by atoms with Gasteiger partial charge in [0.15, 0.2) is 0 Å². The summed E-state index contributed by atoms with van der Waals surface area (Å²) in [5.41, 5.74) is 6.34. The summed E-state index contributed by atoms with van der Waals surface area (Å²) in [5.74, 6) is 0. The maximum atomic E-state index is 6.15. The van der Waals surface area contributed by atoms with Crippen LogP contribution in [0.3, 0.4) is 0 Å². The van der Waals surface area contributed by atoms with Gasteiger partial charge in [-0.25, -0.2) is 0 Å². The molecule has 0 aliphatic rings. The molecule has 122 valence electrons. The normalized spacial score (nSPS) is 15.0. The van der Waals surface area contributed by atoms with E-state index in [9.17, 15) is 0 Å². The highest BCUT2D eigenvalue weighted by atomic mass is 15.2. The molecule has 1 atom stereocenters. The van der Waals surface area contributed by atoms with Crippen LogP contribution in [0, 0.1) is 0 Å². The molecule has 2 nitrogen and oxygen atoms in total. The van der Waals surface area contributed by atoms with Crippen LogP contribution in [0.1, 0.15) is 92.4 Å². The first-order valence-electron chi connectivity index (χ1n) is 8.98. The molecule has 0 spiro atoms.